The lowest BCUT2D eigenvalue weighted by atomic mass is 9.99. The first kappa shape index (κ1) is 18.4. The zero-order valence-corrected chi connectivity index (χ0v) is 14.2. The lowest BCUT2D eigenvalue weighted by Crippen LogP contribution is -2.55. The summed E-state index contributed by atoms with van der Waals surface area (Å²) in [4.78, 5) is 14.7. The van der Waals surface area contributed by atoms with Crippen molar-refractivity contribution >= 4 is 5.91 Å². The maximum absolute atomic E-state index is 12.3. The number of ether oxygens (including phenoxy) is 1. The maximum Gasteiger partial charge on any atom is 0.237 e. The predicted octanol–water partition coefficient (Wildman–Crippen LogP) is 1.38. The summed E-state index contributed by atoms with van der Waals surface area (Å²) in [5.41, 5.74) is 0. The summed E-state index contributed by atoms with van der Waals surface area (Å²) in [6.07, 6.45) is 4.59. The fourth-order valence-electron chi connectivity index (χ4n) is 2.81. The average Bonchev–Trinajstić information content (AvgIpc) is 2.51. The highest BCUT2D eigenvalue weighted by atomic mass is 16.5. The molecule has 0 aromatic heterocycles. The number of hydrogen-bond acceptors (Lipinski definition) is 4. The van der Waals surface area contributed by atoms with E-state index in [9.17, 15) is 4.79 Å². The molecule has 1 amide bonds. The number of likely N-dealkylation sites (tertiary alicyclic amines) is 1. The van der Waals surface area contributed by atoms with Crippen LogP contribution in [0, 0.1) is 0 Å². The summed E-state index contributed by atoms with van der Waals surface area (Å²) in [6.45, 7) is 9.75. The number of nitrogens with one attached hydrogen (secondary N) is 2. The number of nitrogens with zero attached hydrogens (tertiary/aromatic N) is 1. The van der Waals surface area contributed by atoms with Crippen LogP contribution in [0.25, 0.3) is 0 Å². The predicted molar refractivity (Wildman–Crippen MR) is 86.4 cm³/mol. The number of amides is 1. The first-order chi connectivity index (χ1) is 10.1. The van der Waals surface area contributed by atoms with Crippen molar-refractivity contribution in [1.82, 2.24) is 15.5 Å². The van der Waals surface area contributed by atoms with Gasteiger partial charge in [0.2, 0.25) is 5.91 Å². The first-order valence-corrected chi connectivity index (χ1v) is 8.35. The van der Waals surface area contributed by atoms with Crippen LogP contribution in [-0.4, -0.2) is 62.3 Å². The second-order valence-corrected chi connectivity index (χ2v) is 6.08. The zero-order valence-electron chi connectivity index (χ0n) is 14.2. The SMILES string of the molecule is CCC(C)NC(=O)C(C)N1CCCCC1CNCCOC. The van der Waals surface area contributed by atoms with Crippen LogP contribution in [0.15, 0.2) is 0 Å². The fourth-order valence-corrected chi connectivity index (χ4v) is 2.81. The van der Waals surface area contributed by atoms with E-state index < -0.39 is 0 Å². The van der Waals surface area contributed by atoms with Crippen molar-refractivity contribution in [1.29, 1.82) is 0 Å². The molecule has 0 aromatic carbocycles. The minimum Gasteiger partial charge on any atom is -0.383 e. The highest BCUT2D eigenvalue weighted by molar-refractivity contribution is 5.81. The third kappa shape index (κ3) is 6.32. The van der Waals surface area contributed by atoms with Crippen LogP contribution in [-0.2, 0) is 9.53 Å². The van der Waals surface area contributed by atoms with Crippen LogP contribution in [0.5, 0.6) is 0 Å². The summed E-state index contributed by atoms with van der Waals surface area (Å²) in [7, 11) is 1.72. The van der Waals surface area contributed by atoms with Crippen molar-refractivity contribution in [2.24, 2.45) is 0 Å². The van der Waals surface area contributed by atoms with Crippen LogP contribution < -0.4 is 10.6 Å². The van der Waals surface area contributed by atoms with Crippen LogP contribution in [0.1, 0.15) is 46.5 Å². The Kier molecular flexibility index (Phi) is 8.88. The molecule has 0 bridgehead atoms. The van der Waals surface area contributed by atoms with Gasteiger partial charge in [-0.2, -0.15) is 0 Å². The molecular formula is C16H33N3O2. The van der Waals surface area contributed by atoms with E-state index in [0.29, 0.717) is 6.04 Å². The molecule has 21 heavy (non-hydrogen) atoms. The Labute approximate surface area is 129 Å². The number of methoxy groups -OCH3 is 1. The molecular weight excluding hydrogens is 266 g/mol. The van der Waals surface area contributed by atoms with Crippen molar-refractivity contribution in [2.45, 2.75) is 64.6 Å². The minimum absolute atomic E-state index is 0.0477. The van der Waals surface area contributed by atoms with Gasteiger partial charge < -0.3 is 15.4 Å². The van der Waals surface area contributed by atoms with E-state index in [4.69, 9.17) is 4.74 Å². The number of carbonyl (C=O) groups is 1. The Hall–Kier alpha value is -0.650. The molecule has 0 radical (unpaired) electrons. The van der Waals surface area contributed by atoms with Gasteiger partial charge in [-0.1, -0.05) is 13.3 Å². The molecule has 1 rings (SSSR count). The van der Waals surface area contributed by atoms with Crippen molar-refractivity contribution in [3.63, 3.8) is 0 Å². The van der Waals surface area contributed by atoms with Gasteiger partial charge in [0.05, 0.1) is 12.6 Å². The number of piperidine rings is 1. The molecule has 5 heteroatoms. The lowest BCUT2D eigenvalue weighted by molar-refractivity contribution is -0.128. The van der Waals surface area contributed by atoms with Gasteiger partial charge >= 0.3 is 0 Å². The number of carbonyl (C=O) groups excluding carboxylic acids is 1. The smallest absolute Gasteiger partial charge is 0.237 e. The van der Waals surface area contributed by atoms with Gasteiger partial charge in [-0.25, -0.2) is 0 Å². The summed E-state index contributed by atoms with van der Waals surface area (Å²) in [5.74, 6) is 0.160. The third-order valence-electron chi connectivity index (χ3n) is 4.41. The molecule has 1 fully saturated rings. The van der Waals surface area contributed by atoms with E-state index in [-0.39, 0.29) is 18.0 Å². The Balaban J connectivity index is 2.48. The summed E-state index contributed by atoms with van der Waals surface area (Å²) < 4.78 is 5.06. The molecule has 0 spiro atoms. The quantitative estimate of drug-likeness (QED) is 0.632. The van der Waals surface area contributed by atoms with E-state index in [1.165, 1.54) is 19.3 Å². The fraction of sp³-hybridized carbons (Fsp3) is 0.938. The van der Waals surface area contributed by atoms with Crippen LogP contribution in [0.3, 0.4) is 0 Å². The van der Waals surface area contributed by atoms with Gasteiger partial charge in [0.25, 0.3) is 0 Å². The Morgan fingerprint density at radius 3 is 2.81 bits per heavy atom. The molecule has 5 nitrogen and oxygen atoms in total. The second-order valence-electron chi connectivity index (χ2n) is 6.08. The summed E-state index contributed by atoms with van der Waals surface area (Å²) >= 11 is 0. The average molecular weight is 299 g/mol. The normalized spacial score (nSPS) is 22.8. The van der Waals surface area contributed by atoms with E-state index in [1.807, 2.05) is 6.92 Å². The first-order valence-electron chi connectivity index (χ1n) is 8.35. The van der Waals surface area contributed by atoms with Gasteiger partial charge in [-0.3, -0.25) is 9.69 Å². The molecule has 3 atom stereocenters. The van der Waals surface area contributed by atoms with Crippen LogP contribution >= 0.6 is 0 Å². The Morgan fingerprint density at radius 1 is 1.38 bits per heavy atom. The zero-order chi connectivity index (χ0) is 15.7. The molecule has 1 heterocycles. The number of rotatable bonds is 9. The lowest BCUT2D eigenvalue weighted by Gasteiger charge is -2.39. The summed E-state index contributed by atoms with van der Waals surface area (Å²) in [5, 5.41) is 6.54. The van der Waals surface area contributed by atoms with Crippen molar-refractivity contribution in [3.8, 4) is 0 Å². The Bertz CT molecular complexity index is 299. The molecule has 1 aliphatic rings. The number of hydrogen-bond donors (Lipinski definition) is 2. The molecule has 0 aromatic rings. The molecule has 2 N–H and O–H groups in total. The van der Waals surface area contributed by atoms with E-state index >= 15 is 0 Å². The van der Waals surface area contributed by atoms with Gasteiger partial charge in [-0.15, -0.1) is 0 Å². The van der Waals surface area contributed by atoms with Crippen molar-refractivity contribution in [2.75, 3.05) is 33.4 Å². The molecule has 0 saturated carbocycles. The molecule has 1 saturated heterocycles. The summed E-state index contributed by atoms with van der Waals surface area (Å²) in [6, 6.07) is 0.657. The van der Waals surface area contributed by atoms with E-state index in [2.05, 4.69) is 29.4 Å². The Morgan fingerprint density at radius 2 is 2.14 bits per heavy atom. The van der Waals surface area contributed by atoms with Gasteiger partial charge in [0, 0.05) is 32.3 Å². The van der Waals surface area contributed by atoms with Crippen LogP contribution in [0.2, 0.25) is 0 Å². The van der Waals surface area contributed by atoms with Gasteiger partial charge in [0.15, 0.2) is 0 Å². The molecule has 1 aliphatic heterocycles. The van der Waals surface area contributed by atoms with E-state index in [0.717, 1.165) is 32.7 Å². The largest absolute Gasteiger partial charge is 0.383 e. The highest BCUT2D eigenvalue weighted by Crippen LogP contribution is 2.19. The third-order valence-corrected chi connectivity index (χ3v) is 4.41. The topological polar surface area (TPSA) is 53.6 Å². The molecule has 0 aliphatic carbocycles. The molecule has 124 valence electrons. The van der Waals surface area contributed by atoms with Gasteiger partial charge in [0.1, 0.15) is 0 Å². The van der Waals surface area contributed by atoms with Crippen molar-refractivity contribution in [3.05, 3.63) is 0 Å². The van der Waals surface area contributed by atoms with Crippen LogP contribution in [0.4, 0.5) is 0 Å². The minimum atomic E-state index is -0.0477. The van der Waals surface area contributed by atoms with E-state index in [1.54, 1.807) is 7.11 Å². The van der Waals surface area contributed by atoms with Crippen molar-refractivity contribution < 1.29 is 9.53 Å². The monoisotopic (exact) mass is 299 g/mol. The maximum atomic E-state index is 12.3. The molecule has 3 unspecified atom stereocenters. The van der Waals surface area contributed by atoms with Gasteiger partial charge in [-0.05, 0) is 39.7 Å². The standard InChI is InChI=1S/C16H33N3O2/c1-5-13(2)18-16(20)14(3)19-10-7-6-8-15(19)12-17-9-11-21-4/h13-15,17H,5-12H2,1-4H3,(H,18,20). The second kappa shape index (κ2) is 10.1. The highest BCUT2D eigenvalue weighted by Gasteiger charge is 2.30.